The summed E-state index contributed by atoms with van der Waals surface area (Å²) < 4.78 is 5.78. The highest BCUT2D eigenvalue weighted by atomic mass is 16.5. The van der Waals surface area contributed by atoms with Crippen LogP contribution < -0.4 is 10.5 Å². The lowest BCUT2D eigenvalue weighted by Gasteiger charge is -2.24. The highest BCUT2D eigenvalue weighted by Crippen LogP contribution is 2.32. The highest BCUT2D eigenvalue weighted by Gasteiger charge is 2.24. The van der Waals surface area contributed by atoms with E-state index in [1.165, 1.54) is 0 Å². The molecule has 2 rings (SSSR count). The Hall–Kier alpha value is -1.84. The standard InChI is InChI=1S/C15H17NO2/c1-15(17,11-16)13-9-5-6-10-14(13)18-12-7-3-2-4-8-12/h2-10,17H,11,16H2,1H3. The number of hydrogen-bond acceptors (Lipinski definition) is 3. The molecule has 0 saturated carbocycles. The minimum atomic E-state index is -1.09. The summed E-state index contributed by atoms with van der Waals surface area (Å²) in [6.07, 6.45) is 0. The largest absolute Gasteiger partial charge is 0.457 e. The van der Waals surface area contributed by atoms with Gasteiger partial charge in [-0.2, -0.15) is 0 Å². The van der Waals surface area contributed by atoms with Gasteiger partial charge in [-0.1, -0.05) is 36.4 Å². The molecule has 0 fully saturated rings. The highest BCUT2D eigenvalue weighted by molar-refractivity contribution is 5.41. The van der Waals surface area contributed by atoms with Gasteiger partial charge in [0.25, 0.3) is 0 Å². The van der Waals surface area contributed by atoms with Crippen molar-refractivity contribution in [1.29, 1.82) is 0 Å². The minimum absolute atomic E-state index is 0.141. The monoisotopic (exact) mass is 243 g/mol. The first-order chi connectivity index (χ1) is 8.63. The van der Waals surface area contributed by atoms with Crippen LogP contribution in [0.2, 0.25) is 0 Å². The zero-order valence-electron chi connectivity index (χ0n) is 10.3. The third-order valence-corrected chi connectivity index (χ3v) is 2.84. The van der Waals surface area contributed by atoms with Crippen LogP contribution >= 0.6 is 0 Å². The van der Waals surface area contributed by atoms with Crippen molar-refractivity contribution >= 4 is 0 Å². The second kappa shape index (κ2) is 5.21. The normalized spacial score (nSPS) is 13.9. The smallest absolute Gasteiger partial charge is 0.133 e. The van der Waals surface area contributed by atoms with Crippen LogP contribution in [0.25, 0.3) is 0 Å². The molecule has 3 heteroatoms. The van der Waals surface area contributed by atoms with Crippen LogP contribution in [0.15, 0.2) is 54.6 Å². The van der Waals surface area contributed by atoms with Gasteiger partial charge in [-0.25, -0.2) is 0 Å². The summed E-state index contributed by atoms with van der Waals surface area (Å²) in [5, 5.41) is 10.2. The van der Waals surface area contributed by atoms with Gasteiger partial charge in [-0.3, -0.25) is 0 Å². The Balaban J connectivity index is 2.34. The molecule has 0 aromatic heterocycles. The van der Waals surface area contributed by atoms with E-state index in [2.05, 4.69) is 0 Å². The van der Waals surface area contributed by atoms with Crippen LogP contribution in [-0.2, 0) is 5.60 Å². The van der Waals surface area contributed by atoms with Crippen molar-refractivity contribution < 1.29 is 9.84 Å². The summed E-state index contributed by atoms with van der Waals surface area (Å²) in [6, 6.07) is 16.8. The number of benzene rings is 2. The molecule has 0 aliphatic heterocycles. The molecule has 0 bridgehead atoms. The van der Waals surface area contributed by atoms with Gasteiger partial charge in [0.15, 0.2) is 0 Å². The number of aliphatic hydroxyl groups is 1. The Morgan fingerprint density at radius 3 is 2.33 bits per heavy atom. The van der Waals surface area contributed by atoms with E-state index in [0.717, 1.165) is 5.75 Å². The summed E-state index contributed by atoms with van der Waals surface area (Å²) in [5.41, 5.74) is 5.19. The van der Waals surface area contributed by atoms with Crippen molar-refractivity contribution in [3.8, 4) is 11.5 Å². The summed E-state index contributed by atoms with van der Waals surface area (Å²) in [6.45, 7) is 1.82. The zero-order valence-corrected chi connectivity index (χ0v) is 10.3. The van der Waals surface area contributed by atoms with E-state index in [4.69, 9.17) is 10.5 Å². The molecule has 0 spiro atoms. The van der Waals surface area contributed by atoms with Crippen LogP contribution in [0.3, 0.4) is 0 Å². The van der Waals surface area contributed by atoms with E-state index in [1.54, 1.807) is 6.92 Å². The Labute approximate surface area is 107 Å². The quantitative estimate of drug-likeness (QED) is 0.868. The third-order valence-electron chi connectivity index (χ3n) is 2.84. The molecule has 1 unspecified atom stereocenters. The zero-order chi connectivity index (χ0) is 13.0. The van der Waals surface area contributed by atoms with Crippen molar-refractivity contribution in [2.24, 2.45) is 5.73 Å². The Morgan fingerprint density at radius 1 is 1.06 bits per heavy atom. The van der Waals surface area contributed by atoms with E-state index >= 15 is 0 Å². The minimum Gasteiger partial charge on any atom is -0.457 e. The van der Waals surface area contributed by atoms with Crippen molar-refractivity contribution in [1.82, 2.24) is 0 Å². The Morgan fingerprint density at radius 2 is 1.67 bits per heavy atom. The topological polar surface area (TPSA) is 55.5 Å². The van der Waals surface area contributed by atoms with Gasteiger partial charge in [-0.05, 0) is 25.1 Å². The maximum absolute atomic E-state index is 10.2. The predicted octanol–water partition coefficient (Wildman–Crippen LogP) is 2.65. The number of nitrogens with two attached hydrogens (primary N) is 1. The first-order valence-electron chi connectivity index (χ1n) is 5.88. The number of rotatable bonds is 4. The van der Waals surface area contributed by atoms with Gasteiger partial charge in [0.2, 0.25) is 0 Å². The van der Waals surface area contributed by atoms with Crippen molar-refractivity contribution in [3.05, 3.63) is 60.2 Å². The second-order valence-electron chi connectivity index (χ2n) is 4.39. The molecule has 3 nitrogen and oxygen atoms in total. The van der Waals surface area contributed by atoms with Crippen LogP contribution in [-0.4, -0.2) is 11.7 Å². The van der Waals surface area contributed by atoms with Crippen LogP contribution in [0.5, 0.6) is 11.5 Å². The first kappa shape index (κ1) is 12.6. The molecular formula is C15H17NO2. The molecular weight excluding hydrogens is 226 g/mol. The fraction of sp³-hybridized carbons (Fsp3) is 0.200. The Kier molecular flexibility index (Phi) is 3.65. The molecule has 18 heavy (non-hydrogen) atoms. The van der Waals surface area contributed by atoms with E-state index in [0.29, 0.717) is 11.3 Å². The lowest BCUT2D eigenvalue weighted by Crippen LogP contribution is -2.31. The summed E-state index contributed by atoms with van der Waals surface area (Å²) in [5.74, 6) is 1.36. The maximum atomic E-state index is 10.2. The average Bonchev–Trinajstić information content (AvgIpc) is 2.40. The molecule has 2 aromatic carbocycles. The lowest BCUT2D eigenvalue weighted by molar-refractivity contribution is 0.0646. The molecule has 0 amide bonds. The summed E-state index contributed by atoms with van der Waals surface area (Å²) >= 11 is 0. The SMILES string of the molecule is CC(O)(CN)c1ccccc1Oc1ccccc1. The predicted molar refractivity (Wildman–Crippen MR) is 71.6 cm³/mol. The van der Waals surface area contributed by atoms with E-state index in [-0.39, 0.29) is 6.54 Å². The van der Waals surface area contributed by atoms with Crippen LogP contribution in [0, 0.1) is 0 Å². The molecule has 0 aliphatic carbocycles. The number of ether oxygens (including phenoxy) is 1. The number of hydrogen-bond donors (Lipinski definition) is 2. The molecule has 0 heterocycles. The van der Waals surface area contributed by atoms with Crippen molar-refractivity contribution in [2.45, 2.75) is 12.5 Å². The van der Waals surface area contributed by atoms with Crippen molar-refractivity contribution in [2.75, 3.05) is 6.54 Å². The maximum Gasteiger partial charge on any atom is 0.133 e. The molecule has 94 valence electrons. The molecule has 0 radical (unpaired) electrons. The third kappa shape index (κ3) is 2.70. The number of para-hydroxylation sites is 2. The molecule has 0 saturated heterocycles. The molecule has 0 aliphatic rings. The molecule has 2 aromatic rings. The first-order valence-corrected chi connectivity index (χ1v) is 5.88. The van der Waals surface area contributed by atoms with Gasteiger partial charge < -0.3 is 15.6 Å². The van der Waals surface area contributed by atoms with E-state index in [9.17, 15) is 5.11 Å². The van der Waals surface area contributed by atoms with Crippen molar-refractivity contribution in [3.63, 3.8) is 0 Å². The average molecular weight is 243 g/mol. The van der Waals surface area contributed by atoms with Gasteiger partial charge in [0.05, 0.1) is 0 Å². The van der Waals surface area contributed by atoms with Gasteiger partial charge in [0, 0.05) is 12.1 Å². The van der Waals surface area contributed by atoms with Crippen LogP contribution in [0.1, 0.15) is 12.5 Å². The van der Waals surface area contributed by atoms with Gasteiger partial charge in [0.1, 0.15) is 17.1 Å². The second-order valence-corrected chi connectivity index (χ2v) is 4.39. The molecule has 1 atom stereocenters. The fourth-order valence-corrected chi connectivity index (χ4v) is 1.73. The summed E-state index contributed by atoms with van der Waals surface area (Å²) in [7, 11) is 0. The lowest BCUT2D eigenvalue weighted by atomic mass is 9.95. The fourth-order valence-electron chi connectivity index (χ4n) is 1.73. The van der Waals surface area contributed by atoms with E-state index < -0.39 is 5.60 Å². The molecule has 3 N–H and O–H groups in total. The van der Waals surface area contributed by atoms with E-state index in [1.807, 2.05) is 54.6 Å². The summed E-state index contributed by atoms with van der Waals surface area (Å²) in [4.78, 5) is 0. The van der Waals surface area contributed by atoms with Crippen LogP contribution in [0.4, 0.5) is 0 Å². The van der Waals surface area contributed by atoms with Gasteiger partial charge >= 0.3 is 0 Å². The Bertz CT molecular complexity index is 509. The van der Waals surface area contributed by atoms with Gasteiger partial charge in [-0.15, -0.1) is 0 Å².